The number of carbonyl (C=O) groups is 1. The third kappa shape index (κ3) is 8.14. The number of halogens is 2. The fourth-order valence-corrected chi connectivity index (χ4v) is 3.33. The maximum Gasteiger partial charge on any atom is 0.251 e. The molecule has 148 valence electrons. The molecule has 0 aliphatic heterocycles. The van der Waals surface area contributed by atoms with E-state index < -0.39 is 0 Å². The van der Waals surface area contributed by atoms with Gasteiger partial charge in [-0.2, -0.15) is 0 Å². The number of aryl methyl sites for hydroxylation is 2. The van der Waals surface area contributed by atoms with Crippen LogP contribution in [0.15, 0.2) is 33.7 Å². The minimum atomic E-state index is -0.0606. The predicted molar refractivity (Wildman–Crippen MR) is 126 cm³/mol. The highest BCUT2D eigenvalue weighted by molar-refractivity contribution is 14.0. The van der Waals surface area contributed by atoms with Crippen LogP contribution in [0.3, 0.4) is 0 Å². The zero-order valence-electron chi connectivity index (χ0n) is 15.6. The fraction of sp³-hybridized carbons (Fsp3) is 0.389. The molecular weight excluding hydrogens is 541 g/mol. The lowest BCUT2D eigenvalue weighted by Crippen LogP contribution is -2.38. The number of aromatic nitrogens is 1. The van der Waals surface area contributed by atoms with E-state index in [4.69, 9.17) is 0 Å². The summed E-state index contributed by atoms with van der Waals surface area (Å²) in [5.41, 5.74) is 1.74. The van der Waals surface area contributed by atoms with Crippen LogP contribution >= 0.6 is 51.2 Å². The van der Waals surface area contributed by atoms with E-state index in [0.29, 0.717) is 18.7 Å². The van der Waals surface area contributed by atoms with Gasteiger partial charge in [-0.1, -0.05) is 15.9 Å². The number of hydrogen-bond acceptors (Lipinski definition) is 4. The number of nitrogens with one attached hydrogen (secondary N) is 3. The van der Waals surface area contributed by atoms with Gasteiger partial charge in [0.1, 0.15) is 5.01 Å². The number of rotatable bonds is 7. The molecule has 0 aliphatic rings. The lowest BCUT2D eigenvalue weighted by Gasteiger charge is -2.11. The van der Waals surface area contributed by atoms with E-state index >= 15 is 0 Å². The van der Waals surface area contributed by atoms with Gasteiger partial charge in [0.05, 0.1) is 12.2 Å². The lowest BCUT2D eigenvalue weighted by atomic mass is 10.2. The van der Waals surface area contributed by atoms with Gasteiger partial charge < -0.3 is 16.0 Å². The molecule has 27 heavy (non-hydrogen) atoms. The second-order valence-electron chi connectivity index (χ2n) is 5.72. The van der Waals surface area contributed by atoms with Gasteiger partial charge in [-0.25, -0.2) is 4.98 Å². The number of aliphatic imine (C=N–C) groups is 1. The van der Waals surface area contributed by atoms with E-state index in [0.717, 1.165) is 34.1 Å². The molecule has 0 unspecified atom stereocenters. The minimum absolute atomic E-state index is 0. The topological polar surface area (TPSA) is 78.4 Å². The third-order valence-electron chi connectivity index (χ3n) is 3.74. The van der Waals surface area contributed by atoms with E-state index in [2.05, 4.69) is 48.8 Å². The first-order valence-corrected chi connectivity index (χ1v) is 10.0. The van der Waals surface area contributed by atoms with Gasteiger partial charge in [-0.05, 0) is 44.5 Å². The number of carbonyl (C=O) groups excluding carboxylic acids is 1. The summed E-state index contributed by atoms with van der Waals surface area (Å²) in [5.74, 6) is 0.671. The molecule has 1 aromatic heterocycles. The Bertz CT molecular complexity index is 744. The monoisotopic (exact) mass is 565 g/mol. The Labute approximate surface area is 189 Å². The van der Waals surface area contributed by atoms with E-state index in [9.17, 15) is 4.79 Å². The quantitative estimate of drug-likeness (QED) is 0.207. The van der Waals surface area contributed by atoms with Crippen molar-refractivity contribution in [1.82, 2.24) is 20.9 Å². The van der Waals surface area contributed by atoms with Crippen LogP contribution in [0.4, 0.5) is 0 Å². The highest BCUT2D eigenvalue weighted by Crippen LogP contribution is 2.15. The first-order chi connectivity index (χ1) is 12.5. The molecule has 0 atom stereocenters. The Kier molecular flexibility index (Phi) is 10.9. The van der Waals surface area contributed by atoms with Gasteiger partial charge >= 0.3 is 0 Å². The smallest absolute Gasteiger partial charge is 0.251 e. The van der Waals surface area contributed by atoms with Crippen molar-refractivity contribution in [2.24, 2.45) is 4.99 Å². The number of nitrogens with zero attached hydrogens (tertiary/aromatic N) is 2. The fourth-order valence-electron chi connectivity index (χ4n) is 2.20. The molecule has 0 bridgehead atoms. The first-order valence-electron chi connectivity index (χ1n) is 8.40. The summed E-state index contributed by atoms with van der Waals surface area (Å²) in [7, 11) is 1.74. The zero-order valence-corrected chi connectivity index (χ0v) is 20.4. The summed E-state index contributed by atoms with van der Waals surface area (Å²) < 4.78 is 0.959. The molecular formula is C18H25BrIN5OS. The van der Waals surface area contributed by atoms with E-state index in [1.54, 1.807) is 30.5 Å². The van der Waals surface area contributed by atoms with Crippen molar-refractivity contribution in [3.8, 4) is 0 Å². The summed E-state index contributed by atoms with van der Waals surface area (Å²) in [6.07, 6.45) is 0.804. The highest BCUT2D eigenvalue weighted by Gasteiger charge is 2.06. The molecule has 2 rings (SSSR count). The van der Waals surface area contributed by atoms with Crippen LogP contribution in [-0.4, -0.2) is 37.0 Å². The Morgan fingerprint density at radius 2 is 1.81 bits per heavy atom. The van der Waals surface area contributed by atoms with Gasteiger partial charge in [-0.3, -0.25) is 9.79 Å². The van der Waals surface area contributed by atoms with Gasteiger partial charge in [0, 0.05) is 35.1 Å². The van der Waals surface area contributed by atoms with E-state index in [1.165, 1.54) is 4.88 Å². The molecule has 1 amide bonds. The SMILES string of the molecule is CN=C(NCCCNC(=O)c1ccc(Br)cc1)NCc1nc(C)c(C)s1.I. The molecule has 0 saturated carbocycles. The first kappa shape index (κ1) is 23.8. The Morgan fingerprint density at radius 1 is 1.15 bits per heavy atom. The molecule has 0 spiro atoms. The van der Waals surface area contributed by atoms with Crippen LogP contribution in [0.2, 0.25) is 0 Å². The van der Waals surface area contributed by atoms with Crippen LogP contribution in [0.1, 0.15) is 32.4 Å². The van der Waals surface area contributed by atoms with Crippen LogP contribution < -0.4 is 16.0 Å². The Balaban J connectivity index is 0.00000364. The summed E-state index contributed by atoms with van der Waals surface area (Å²) >= 11 is 5.05. The predicted octanol–water partition coefficient (Wildman–Crippen LogP) is 3.63. The van der Waals surface area contributed by atoms with Crippen LogP contribution in [-0.2, 0) is 6.54 Å². The second kappa shape index (κ2) is 12.3. The van der Waals surface area contributed by atoms with Crippen LogP contribution in [0.5, 0.6) is 0 Å². The second-order valence-corrected chi connectivity index (χ2v) is 7.92. The van der Waals surface area contributed by atoms with Gasteiger partial charge in [0.15, 0.2) is 5.96 Å². The van der Waals surface area contributed by atoms with Crippen molar-refractivity contribution in [1.29, 1.82) is 0 Å². The molecule has 9 heteroatoms. The highest BCUT2D eigenvalue weighted by atomic mass is 127. The van der Waals surface area contributed by atoms with Crippen molar-refractivity contribution >= 4 is 63.1 Å². The number of amides is 1. The summed E-state index contributed by atoms with van der Waals surface area (Å²) in [4.78, 5) is 22.0. The van der Waals surface area contributed by atoms with Crippen molar-refractivity contribution < 1.29 is 4.79 Å². The van der Waals surface area contributed by atoms with Crippen LogP contribution in [0, 0.1) is 13.8 Å². The Morgan fingerprint density at radius 3 is 2.41 bits per heavy atom. The number of benzene rings is 1. The molecule has 0 aliphatic carbocycles. The molecule has 3 N–H and O–H groups in total. The van der Waals surface area contributed by atoms with Crippen molar-refractivity contribution in [3.63, 3.8) is 0 Å². The van der Waals surface area contributed by atoms with Crippen molar-refractivity contribution in [2.45, 2.75) is 26.8 Å². The number of hydrogen-bond donors (Lipinski definition) is 3. The summed E-state index contributed by atoms with van der Waals surface area (Å²) in [6.45, 7) is 6.07. The molecule has 2 aromatic rings. The van der Waals surface area contributed by atoms with Gasteiger partial charge in [-0.15, -0.1) is 35.3 Å². The van der Waals surface area contributed by atoms with Crippen LogP contribution in [0.25, 0.3) is 0 Å². The van der Waals surface area contributed by atoms with E-state index in [1.807, 2.05) is 19.1 Å². The average Bonchev–Trinajstić information content (AvgIpc) is 2.95. The zero-order chi connectivity index (χ0) is 18.9. The molecule has 1 aromatic carbocycles. The summed E-state index contributed by atoms with van der Waals surface area (Å²) in [5, 5.41) is 10.5. The van der Waals surface area contributed by atoms with E-state index in [-0.39, 0.29) is 29.9 Å². The maximum atomic E-state index is 12.0. The minimum Gasteiger partial charge on any atom is -0.356 e. The normalized spacial score (nSPS) is 10.9. The summed E-state index contributed by atoms with van der Waals surface area (Å²) in [6, 6.07) is 7.31. The molecule has 6 nitrogen and oxygen atoms in total. The van der Waals surface area contributed by atoms with Gasteiger partial charge in [0.25, 0.3) is 5.91 Å². The standard InChI is InChI=1S/C18H24BrN5OS.HI/c1-12-13(2)26-16(24-12)11-23-18(20-3)22-10-4-9-21-17(25)14-5-7-15(19)8-6-14;/h5-8H,4,9-11H2,1-3H3,(H,21,25)(H2,20,22,23);1H. The molecule has 1 heterocycles. The maximum absolute atomic E-state index is 12.0. The third-order valence-corrected chi connectivity index (χ3v) is 5.34. The average molecular weight is 566 g/mol. The largest absolute Gasteiger partial charge is 0.356 e. The Hall–Kier alpha value is -1.20. The molecule has 0 radical (unpaired) electrons. The number of thiazole rings is 1. The van der Waals surface area contributed by atoms with Crippen molar-refractivity contribution in [2.75, 3.05) is 20.1 Å². The van der Waals surface area contributed by atoms with Crippen molar-refractivity contribution in [3.05, 3.63) is 49.9 Å². The number of guanidine groups is 1. The van der Waals surface area contributed by atoms with Gasteiger partial charge in [0.2, 0.25) is 0 Å². The molecule has 0 saturated heterocycles. The lowest BCUT2D eigenvalue weighted by molar-refractivity contribution is 0.0953. The molecule has 0 fully saturated rings.